The van der Waals surface area contributed by atoms with E-state index < -0.39 is 17.4 Å². The zero-order chi connectivity index (χ0) is 11.3. The molecule has 1 aliphatic heterocycles. The molecule has 80 valence electrons. The second-order valence-electron chi connectivity index (χ2n) is 4.08. The van der Waals surface area contributed by atoms with Crippen molar-refractivity contribution in [1.82, 2.24) is 0 Å². The van der Waals surface area contributed by atoms with Gasteiger partial charge in [0, 0.05) is 11.1 Å². The predicted molar refractivity (Wildman–Crippen MR) is 52.1 cm³/mol. The molecule has 0 N–H and O–H groups in total. The first-order valence-corrected chi connectivity index (χ1v) is 4.59. The topological polar surface area (TPSA) is 12.4 Å². The van der Waals surface area contributed by atoms with E-state index in [1.807, 2.05) is 0 Å². The van der Waals surface area contributed by atoms with Crippen LogP contribution in [-0.2, 0) is 5.92 Å². The van der Waals surface area contributed by atoms with Gasteiger partial charge in [-0.3, -0.25) is 0 Å². The van der Waals surface area contributed by atoms with Crippen LogP contribution >= 0.6 is 0 Å². The Morgan fingerprint density at radius 2 is 1.73 bits per heavy atom. The molecule has 1 nitrogen and oxygen atoms in total. The van der Waals surface area contributed by atoms with Crippen LogP contribution in [0.1, 0.15) is 25.0 Å². The van der Waals surface area contributed by atoms with Crippen LogP contribution < -0.4 is 0 Å². The lowest BCUT2D eigenvalue weighted by Crippen LogP contribution is -2.43. The second-order valence-corrected chi connectivity index (χ2v) is 4.08. The Morgan fingerprint density at radius 1 is 1.13 bits per heavy atom. The van der Waals surface area contributed by atoms with Crippen LogP contribution in [0.15, 0.2) is 29.3 Å². The van der Waals surface area contributed by atoms with E-state index in [1.165, 1.54) is 38.1 Å². The number of alkyl halides is 2. The van der Waals surface area contributed by atoms with Gasteiger partial charge in [-0.2, -0.15) is 13.2 Å². The van der Waals surface area contributed by atoms with Crippen LogP contribution in [0.5, 0.6) is 0 Å². The summed E-state index contributed by atoms with van der Waals surface area (Å²) in [4.78, 5) is 3.41. The van der Waals surface area contributed by atoms with Crippen molar-refractivity contribution in [3.05, 3.63) is 35.4 Å². The maximum atomic E-state index is 13.9. The maximum absolute atomic E-state index is 13.9. The number of fused-ring (bicyclic) bond motifs is 1. The summed E-state index contributed by atoms with van der Waals surface area (Å²) in [5.41, 5.74) is -2.13. The highest BCUT2D eigenvalue weighted by Gasteiger charge is 2.52. The Balaban J connectivity index is 2.73. The molecule has 4 heteroatoms. The van der Waals surface area contributed by atoms with Gasteiger partial charge < -0.3 is 0 Å². The van der Waals surface area contributed by atoms with Gasteiger partial charge in [-0.1, -0.05) is 18.2 Å². The van der Waals surface area contributed by atoms with Crippen molar-refractivity contribution in [2.45, 2.75) is 25.3 Å². The van der Waals surface area contributed by atoms with Gasteiger partial charge in [0.15, 0.2) is 0 Å². The molecule has 0 atom stereocenters. The molecule has 0 bridgehead atoms. The van der Waals surface area contributed by atoms with Gasteiger partial charge in [0.05, 0.1) is 0 Å². The van der Waals surface area contributed by atoms with Gasteiger partial charge in [0.25, 0.3) is 5.92 Å². The zero-order valence-electron chi connectivity index (χ0n) is 8.39. The Hall–Kier alpha value is -1.32. The average Bonchev–Trinajstić information content (AvgIpc) is 2.15. The van der Waals surface area contributed by atoms with Crippen LogP contribution in [0.3, 0.4) is 0 Å². The predicted octanol–water partition coefficient (Wildman–Crippen LogP) is 3.29. The zero-order valence-corrected chi connectivity index (χ0v) is 8.39. The van der Waals surface area contributed by atoms with Crippen LogP contribution in [-0.4, -0.2) is 11.5 Å². The Morgan fingerprint density at radius 3 is 2.40 bits per heavy atom. The maximum Gasteiger partial charge on any atom is 0.298 e. The molecule has 0 spiro atoms. The molecule has 0 aromatic heterocycles. The number of aliphatic imine (C=N–C) groups is 1. The smallest absolute Gasteiger partial charge is 0.244 e. The van der Waals surface area contributed by atoms with Crippen LogP contribution in [0.2, 0.25) is 0 Å². The standard InChI is InChI=1S/C11H10F3N/c1-10(2)11(13,14)8-6-4-3-5-7(8)9(12)15-10/h3-6H,1-2H3. The average molecular weight is 213 g/mol. The third kappa shape index (κ3) is 1.28. The Kier molecular flexibility index (Phi) is 1.93. The van der Waals surface area contributed by atoms with E-state index in [2.05, 4.69) is 4.99 Å². The summed E-state index contributed by atoms with van der Waals surface area (Å²) in [7, 11) is 0. The summed E-state index contributed by atoms with van der Waals surface area (Å²) in [6, 6.07) is 5.55. The van der Waals surface area contributed by atoms with E-state index in [0.29, 0.717) is 0 Å². The van der Waals surface area contributed by atoms with Crippen LogP contribution in [0.4, 0.5) is 13.2 Å². The Labute approximate surface area is 85.6 Å². The number of hydrogen-bond donors (Lipinski definition) is 0. The fourth-order valence-corrected chi connectivity index (χ4v) is 1.64. The van der Waals surface area contributed by atoms with Gasteiger partial charge in [0.2, 0.25) is 5.97 Å². The normalized spacial score (nSPS) is 21.8. The third-order valence-electron chi connectivity index (χ3n) is 2.63. The third-order valence-corrected chi connectivity index (χ3v) is 2.63. The van der Waals surface area contributed by atoms with Gasteiger partial charge in [-0.05, 0) is 19.9 Å². The molecular formula is C11H10F3N. The SMILES string of the molecule is CC1(C)N=C(F)c2ccccc2C1(F)F. The first-order chi connectivity index (χ1) is 6.86. The molecule has 0 unspecified atom stereocenters. The van der Waals surface area contributed by atoms with Crippen molar-refractivity contribution in [3.8, 4) is 0 Å². The molecule has 2 rings (SSSR count). The highest BCUT2D eigenvalue weighted by Crippen LogP contribution is 2.45. The van der Waals surface area contributed by atoms with Gasteiger partial charge in [-0.25, -0.2) is 4.99 Å². The molecule has 15 heavy (non-hydrogen) atoms. The summed E-state index contributed by atoms with van der Waals surface area (Å²) >= 11 is 0. The summed E-state index contributed by atoms with van der Waals surface area (Å²) in [5.74, 6) is -3.96. The van der Waals surface area contributed by atoms with Crippen molar-refractivity contribution in [2.75, 3.05) is 0 Å². The molecule has 0 radical (unpaired) electrons. The van der Waals surface area contributed by atoms with Crippen molar-refractivity contribution in [1.29, 1.82) is 0 Å². The van der Waals surface area contributed by atoms with Crippen LogP contribution in [0, 0.1) is 0 Å². The molecule has 0 aliphatic carbocycles. The largest absolute Gasteiger partial charge is 0.298 e. The molecule has 0 saturated heterocycles. The first-order valence-electron chi connectivity index (χ1n) is 4.59. The lowest BCUT2D eigenvalue weighted by atomic mass is 9.85. The summed E-state index contributed by atoms with van der Waals surface area (Å²) < 4.78 is 41.2. The van der Waals surface area contributed by atoms with Gasteiger partial charge in [-0.15, -0.1) is 0 Å². The summed E-state index contributed by atoms with van der Waals surface area (Å²) in [6.45, 7) is 2.45. The molecule has 1 aliphatic rings. The molecule has 0 amide bonds. The molecule has 0 saturated carbocycles. The fourth-order valence-electron chi connectivity index (χ4n) is 1.64. The quantitative estimate of drug-likeness (QED) is 0.627. The fraction of sp³-hybridized carbons (Fsp3) is 0.364. The molecule has 0 fully saturated rings. The summed E-state index contributed by atoms with van der Waals surface area (Å²) in [6.07, 6.45) is 0. The van der Waals surface area contributed by atoms with E-state index in [-0.39, 0.29) is 11.1 Å². The van der Waals surface area contributed by atoms with Crippen LogP contribution in [0.25, 0.3) is 0 Å². The van der Waals surface area contributed by atoms with Crippen molar-refractivity contribution in [2.24, 2.45) is 4.99 Å². The van der Waals surface area contributed by atoms with E-state index in [4.69, 9.17) is 0 Å². The minimum absolute atomic E-state index is 0.109. The van der Waals surface area contributed by atoms with Crippen molar-refractivity contribution < 1.29 is 13.2 Å². The highest BCUT2D eigenvalue weighted by molar-refractivity contribution is 5.96. The minimum atomic E-state index is -3.14. The van der Waals surface area contributed by atoms with E-state index >= 15 is 0 Å². The van der Waals surface area contributed by atoms with Crippen molar-refractivity contribution in [3.63, 3.8) is 0 Å². The molecule has 1 heterocycles. The summed E-state index contributed by atoms with van der Waals surface area (Å²) in [5, 5.41) is 0. The highest BCUT2D eigenvalue weighted by atomic mass is 19.3. The van der Waals surface area contributed by atoms with Crippen molar-refractivity contribution >= 4 is 5.97 Å². The van der Waals surface area contributed by atoms with E-state index in [0.717, 1.165) is 0 Å². The second kappa shape index (κ2) is 2.84. The monoisotopic (exact) mass is 213 g/mol. The van der Waals surface area contributed by atoms with E-state index in [9.17, 15) is 13.2 Å². The minimum Gasteiger partial charge on any atom is -0.244 e. The number of nitrogens with zero attached hydrogens (tertiary/aromatic N) is 1. The van der Waals surface area contributed by atoms with E-state index in [1.54, 1.807) is 0 Å². The lowest BCUT2D eigenvalue weighted by molar-refractivity contribution is -0.0689. The number of halogens is 3. The molecular weight excluding hydrogens is 203 g/mol. The number of benzene rings is 1. The first kappa shape index (κ1) is 10.2. The number of rotatable bonds is 0. The number of hydrogen-bond acceptors (Lipinski definition) is 1. The Bertz CT molecular complexity index is 435. The molecule has 1 aromatic rings. The lowest BCUT2D eigenvalue weighted by Gasteiger charge is -2.35. The molecule has 1 aromatic carbocycles. The van der Waals surface area contributed by atoms with Gasteiger partial charge in [0.1, 0.15) is 5.54 Å². The van der Waals surface area contributed by atoms with Gasteiger partial charge >= 0.3 is 0 Å².